The molecule has 0 saturated carbocycles. The summed E-state index contributed by atoms with van der Waals surface area (Å²) in [5.41, 5.74) is 0.0208. The number of carbonyl (C=O) groups is 1. The molecule has 2 atom stereocenters. The number of aromatic nitrogens is 3. The van der Waals surface area contributed by atoms with Gasteiger partial charge >= 0.3 is 6.18 Å². The maximum Gasteiger partial charge on any atom is 0.417 e. The van der Waals surface area contributed by atoms with Crippen LogP contribution in [0.15, 0.2) is 48.7 Å². The number of anilines is 1. The molecule has 10 heteroatoms. The molecule has 4 aromatic rings. The number of carbonyl (C=O) groups excluding carboxylic acids is 1. The van der Waals surface area contributed by atoms with Crippen molar-refractivity contribution in [1.29, 1.82) is 0 Å². The van der Waals surface area contributed by atoms with E-state index in [4.69, 9.17) is 0 Å². The topological polar surface area (TPSA) is 85.0 Å². The molecule has 3 heterocycles. The Morgan fingerprint density at radius 1 is 1.17 bits per heavy atom. The van der Waals surface area contributed by atoms with Gasteiger partial charge in [-0.25, -0.2) is 9.37 Å². The van der Waals surface area contributed by atoms with Crippen LogP contribution in [-0.2, 0) is 6.18 Å². The van der Waals surface area contributed by atoms with E-state index < -0.39 is 35.0 Å². The summed E-state index contributed by atoms with van der Waals surface area (Å²) in [5, 5.41) is 10.1. The van der Waals surface area contributed by atoms with Crippen molar-refractivity contribution in [2.45, 2.75) is 25.6 Å². The Bertz CT molecular complexity index is 1400. The van der Waals surface area contributed by atoms with Crippen LogP contribution in [0.3, 0.4) is 0 Å². The number of benzene rings is 2. The molecule has 6 nitrogen and oxygen atoms in total. The second kappa shape index (κ2) is 8.53. The van der Waals surface area contributed by atoms with Gasteiger partial charge in [-0.1, -0.05) is 25.1 Å². The number of piperidine rings is 1. The average Bonchev–Trinajstić information content (AvgIpc) is 3.45. The fourth-order valence-electron chi connectivity index (χ4n) is 4.65. The normalized spacial score (nSPS) is 18.9. The van der Waals surface area contributed by atoms with Crippen LogP contribution in [-0.4, -0.2) is 45.0 Å². The number of nitrogens with one attached hydrogen (secondary N) is 2. The number of β-amino-alcohol motifs (C(OH)–C–C–N with tert-alkyl or cyclic N) is 1. The Morgan fingerprint density at radius 2 is 1.94 bits per heavy atom. The minimum absolute atomic E-state index is 0.0228. The van der Waals surface area contributed by atoms with Crippen molar-refractivity contribution in [3.05, 3.63) is 71.2 Å². The number of halogens is 4. The van der Waals surface area contributed by atoms with E-state index in [1.54, 1.807) is 6.07 Å². The Labute approximate surface area is 197 Å². The van der Waals surface area contributed by atoms with Crippen LogP contribution in [0.5, 0.6) is 0 Å². The van der Waals surface area contributed by atoms with Gasteiger partial charge in [-0.3, -0.25) is 4.79 Å². The van der Waals surface area contributed by atoms with Crippen LogP contribution in [0.2, 0.25) is 0 Å². The first-order chi connectivity index (χ1) is 16.6. The third kappa shape index (κ3) is 4.41. The van der Waals surface area contributed by atoms with Crippen molar-refractivity contribution in [2.75, 3.05) is 18.0 Å². The lowest BCUT2D eigenvalue weighted by Gasteiger charge is -2.35. The van der Waals surface area contributed by atoms with E-state index in [2.05, 4.69) is 15.0 Å². The second-order valence-electron chi connectivity index (χ2n) is 8.98. The summed E-state index contributed by atoms with van der Waals surface area (Å²) in [6.45, 7) is 3.11. The summed E-state index contributed by atoms with van der Waals surface area (Å²) in [7, 11) is 0. The predicted octanol–water partition coefficient (Wildman–Crippen LogP) is 5.15. The van der Waals surface area contributed by atoms with E-state index in [1.165, 1.54) is 30.5 Å². The third-order valence-corrected chi connectivity index (χ3v) is 6.21. The highest BCUT2D eigenvalue weighted by Gasteiger charge is 2.35. The third-order valence-electron chi connectivity index (χ3n) is 6.21. The highest BCUT2D eigenvalue weighted by Crippen LogP contribution is 2.34. The van der Waals surface area contributed by atoms with Gasteiger partial charge in [-0.2, -0.15) is 13.2 Å². The molecule has 0 spiro atoms. The number of alkyl halides is 3. The molecule has 0 unspecified atom stereocenters. The molecular weight excluding hydrogens is 464 g/mol. The van der Waals surface area contributed by atoms with Crippen molar-refractivity contribution >= 4 is 22.5 Å². The van der Waals surface area contributed by atoms with Crippen molar-refractivity contribution in [2.24, 2.45) is 5.92 Å². The lowest BCUT2D eigenvalue weighted by atomic mass is 9.97. The number of H-pyrrole nitrogens is 2. The first-order valence-corrected chi connectivity index (χ1v) is 11.1. The monoisotopic (exact) mass is 486 g/mol. The fraction of sp³-hybridized carbons (Fsp3) is 0.280. The molecule has 1 fully saturated rings. The summed E-state index contributed by atoms with van der Waals surface area (Å²) in [6, 6.07) is 9.09. The largest absolute Gasteiger partial charge is 0.417 e. The summed E-state index contributed by atoms with van der Waals surface area (Å²) >= 11 is 0. The SMILES string of the molecule is C[C@@H]1C[C@H](O)CN(c2cc(F)c3nc(-c4cc(C(=O)c5ccccc5C(F)(F)F)c[nH]4)[nH]c3c2)C1. The van der Waals surface area contributed by atoms with E-state index in [0.717, 1.165) is 12.1 Å². The highest BCUT2D eigenvalue weighted by atomic mass is 19.4. The van der Waals surface area contributed by atoms with Crippen LogP contribution < -0.4 is 4.90 Å². The number of aromatic amines is 2. The number of ketones is 1. The molecule has 1 aliphatic heterocycles. The first-order valence-electron chi connectivity index (χ1n) is 11.1. The van der Waals surface area contributed by atoms with Crippen LogP contribution >= 0.6 is 0 Å². The minimum atomic E-state index is -4.67. The quantitative estimate of drug-likeness (QED) is 0.275. The van der Waals surface area contributed by atoms with Gasteiger partial charge in [0.2, 0.25) is 0 Å². The molecule has 3 N–H and O–H groups in total. The molecule has 1 aliphatic rings. The van der Waals surface area contributed by atoms with Gasteiger partial charge in [0.1, 0.15) is 5.52 Å². The van der Waals surface area contributed by atoms with Crippen LogP contribution in [0, 0.1) is 11.7 Å². The molecule has 0 amide bonds. The molecule has 35 heavy (non-hydrogen) atoms. The number of hydrogen-bond donors (Lipinski definition) is 3. The molecule has 0 bridgehead atoms. The van der Waals surface area contributed by atoms with Gasteiger partial charge in [0, 0.05) is 36.1 Å². The predicted molar refractivity (Wildman–Crippen MR) is 123 cm³/mol. The summed E-state index contributed by atoms with van der Waals surface area (Å²) in [4.78, 5) is 24.9. The summed E-state index contributed by atoms with van der Waals surface area (Å²) in [5.74, 6) is -0.837. The van der Waals surface area contributed by atoms with Crippen molar-refractivity contribution in [3.8, 4) is 11.5 Å². The van der Waals surface area contributed by atoms with E-state index >= 15 is 0 Å². The molecule has 2 aromatic heterocycles. The first kappa shape index (κ1) is 23.1. The van der Waals surface area contributed by atoms with Gasteiger partial charge < -0.3 is 20.0 Å². The highest BCUT2D eigenvalue weighted by molar-refractivity contribution is 6.10. The lowest BCUT2D eigenvalue weighted by molar-refractivity contribution is -0.137. The van der Waals surface area contributed by atoms with Crippen LogP contribution in [0.4, 0.5) is 23.2 Å². The summed E-state index contributed by atoms with van der Waals surface area (Å²) in [6.07, 6.45) is -3.17. The fourth-order valence-corrected chi connectivity index (χ4v) is 4.65. The summed E-state index contributed by atoms with van der Waals surface area (Å²) < 4.78 is 54.9. The number of aliphatic hydroxyl groups is 1. The standard InChI is InChI=1S/C25H22F4N4O2/c1-13-6-16(34)12-33(11-13)15-8-19(26)22-20(9-15)31-24(32-22)21-7-14(10-30-21)23(35)17-4-2-3-5-18(17)25(27,28)29/h2-5,7-10,13,16,30,34H,6,11-12H2,1H3,(H,31,32)/t13-,16+/m1/s1. The average molecular weight is 486 g/mol. The maximum absolute atomic E-state index is 14.9. The number of fused-ring (bicyclic) bond motifs is 1. The Kier molecular flexibility index (Phi) is 5.63. The lowest BCUT2D eigenvalue weighted by Crippen LogP contribution is -2.42. The number of imidazole rings is 1. The molecular formula is C25H22F4N4O2. The molecule has 2 aromatic carbocycles. The van der Waals surface area contributed by atoms with Crippen molar-refractivity contribution < 1.29 is 27.5 Å². The molecule has 182 valence electrons. The van der Waals surface area contributed by atoms with E-state index in [-0.39, 0.29) is 22.8 Å². The van der Waals surface area contributed by atoms with Gasteiger partial charge in [0.15, 0.2) is 17.4 Å². The van der Waals surface area contributed by atoms with E-state index in [9.17, 15) is 27.5 Å². The van der Waals surface area contributed by atoms with Gasteiger partial charge in [-0.15, -0.1) is 0 Å². The zero-order valence-electron chi connectivity index (χ0n) is 18.7. The Morgan fingerprint density at radius 3 is 2.69 bits per heavy atom. The van der Waals surface area contributed by atoms with Crippen molar-refractivity contribution in [1.82, 2.24) is 15.0 Å². The Hall–Kier alpha value is -3.66. The van der Waals surface area contributed by atoms with Gasteiger partial charge in [-0.05, 0) is 36.6 Å². The maximum atomic E-state index is 14.9. The zero-order valence-corrected chi connectivity index (χ0v) is 18.7. The number of hydrogen-bond acceptors (Lipinski definition) is 4. The van der Waals surface area contributed by atoms with E-state index in [1.807, 2.05) is 11.8 Å². The van der Waals surface area contributed by atoms with Gasteiger partial charge in [0.05, 0.1) is 22.9 Å². The Balaban J connectivity index is 1.46. The smallest absolute Gasteiger partial charge is 0.391 e. The van der Waals surface area contributed by atoms with E-state index in [0.29, 0.717) is 36.4 Å². The molecule has 0 radical (unpaired) electrons. The second-order valence-corrected chi connectivity index (χ2v) is 8.98. The molecule has 0 aliphatic carbocycles. The van der Waals surface area contributed by atoms with Crippen LogP contribution in [0.25, 0.3) is 22.6 Å². The van der Waals surface area contributed by atoms with Crippen molar-refractivity contribution in [3.63, 3.8) is 0 Å². The molecule has 1 saturated heterocycles. The molecule has 5 rings (SSSR count). The number of aliphatic hydroxyl groups excluding tert-OH is 1. The van der Waals surface area contributed by atoms with Gasteiger partial charge in [0.25, 0.3) is 0 Å². The number of nitrogens with zero attached hydrogens (tertiary/aromatic N) is 2. The number of rotatable bonds is 4. The van der Waals surface area contributed by atoms with Crippen LogP contribution in [0.1, 0.15) is 34.8 Å². The zero-order chi connectivity index (χ0) is 24.9. The minimum Gasteiger partial charge on any atom is -0.391 e.